The van der Waals surface area contributed by atoms with E-state index in [0.717, 1.165) is 0 Å². The highest BCUT2D eigenvalue weighted by Crippen LogP contribution is 2.29. The van der Waals surface area contributed by atoms with E-state index in [1.165, 1.54) is 6.41 Å². The molecular weight excluding hydrogens is 191 g/mol. The molecule has 0 aliphatic heterocycles. The van der Waals surface area contributed by atoms with Crippen molar-refractivity contribution in [3.63, 3.8) is 0 Å². The molecule has 2 nitrogen and oxygen atoms in total. The molecule has 1 amide bonds. The molecule has 0 bridgehead atoms. The Morgan fingerprint density at radius 3 is 2.50 bits per heavy atom. The Morgan fingerprint density at radius 1 is 1.33 bits per heavy atom. The molecule has 0 aliphatic rings. The van der Waals surface area contributed by atoms with Gasteiger partial charge in [-0.05, 0) is 11.8 Å². The quantitative estimate of drug-likeness (QED) is 0.413. The minimum Gasteiger partial charge on any atom is -0.337 e. The molecule has 0 rings (SSSR count). The number of hydrogen-bond donors (Lipinski definition) is 1. The minimum atomic E-state index is -4.24. The predicted octanol–water partition coefficient (Wildman–Crippen LogP) is 0.900. The van der Waals surface area contributed by atoms with E-state index in [0.29, 0.717) is 0 Å². The van der Waals surface area contributed by atoms with Crippen LogP contribution >= 0.6 is 11.8 Å². The zero-order valence-electron chi connectivity index (χ0n) is 5.86. The standard InChI is InChI=1S/C6H5F3NOS/c7-6(8,9)12-4-2-1-3-10-5-11/h3-4H2,(H,10,11). The van der Waals surface area contributed by atoms with Gasteiger partial charge in [0.05, 0.1) is 12.3 Å². The second kappa shape index (κ2) is 5.77. The molecule has 0 fully saturated rings. The van der Waals surface area contributed by atoms with E-state index < -0.39 is 5.51 Å². The van der Waals surface area contributed by atoms with E-state index in [1.54, 1.807) is 0 Å². The maximum absolute atomic E-state index is 11.4. The molecule has 0 atom stereocenters. The van der Waals surface area contributed by atoms with Crippen molar-refractivity contribution in [2.45, 2.75) is 5.51 Å². The topological polar surface area (TPSA) is 29.1 Å². The van der Waals surface area contributed by atoms with Gasteiger partial charge in [-0.25, -0.2) is 0 Å². The number of thioether (sulfide) groups is 1. The van der Waals surface area contributed by atoms with Gasteiger partial charge in [-0.1, -0.05) is 11.8 Å². The van der Waals surface area contributed by atoms with Gasteiger partial charge in [-0.2, -0.15) is 13.2 Å². The number of carbonyl (C=O) groups excluding carboxylic acids is 1. The van der Waals surface area contributed by atoms with Crippen molar-refractivity contribution in [1.82, 2.24) is 5.32 Å². The smallest absolute Gasteiger partial charge is 0.337 e. The van der Waals surface area contributed by atoms with Gasteiger partial charge in [0.2, 0.25) is 0 Å². The number of hydrogen-bond acceptors (Lipinski definition) is 2. The molecule has 0 aromatic heterocycles. The lowest BCUT2D eigenvalue weighted by Gasteiger charge is -1.99. The molecule has 1 radical (unpaired) electrons. The molecule has 0 aromatic carbocycles. The van der Waals surface area contributed by atoms with Gasteiger partial charge in [-0.3, -0.25) is 4.79 Å². The number of alkyl halides is 3. The average Bonchev–Trinajstić information content (AvgIpc) is 1.94. The van der Waals surface area contributed by atoms with Crippen molar-refractivity contribution in [1.29, 1.82) is 0 Å². The van der Waals surface area contributed by atoms with Crippen LogP contribution in [-0.2, 0) is 4.79 Å². The van der Waals surface area contributed by atoms with Crippen LogP contribution < -0.4 is 5.32 Å². The predicted molar refractivity (Wildman–Crippen MR) is 40.0 cm³/mol. The number of amides is 1. The van der Waals surface area contributed by atoms with Gasteiger partial charge in [-0.15, -0.1) is 0 Å². The van der Waals surface area contributed by atoms with Crippen LogP contribution in [0, 0.1) is 11.8 Å². The van der Waals surface area contributed by atoms with E-state index in [9.17, 15) is 18.0 Å². The Bertz CT molecular complexity index is 193. The van der Waals surface area contributed by atoms with E-state index in [1.807, 2.05) is 0 Å². The Hall–Kier alpha value is -0.830. The first-order chi connectivity index (χ1) is 5.56. The second-order valence-electron chi connectivity index (χ2n) is 1.54. The van der Waals surface area contributed by atoms with Crippen LogP contribution in [0.1, 0.15) is 0 Å². The largest absolute Gasteiger partial charge is 0.442 e. The normalized spacial score (nSPS) is 9.92. The van der Waals surface area contributed by atoms with Crippen LogP contribution in [-0.4, -0.2) is 24.2 Å². The summed E-state index contributed by atoms with van der Waals surface area (Å²) in [7, 11) is 0. The molecule has 0 aliphatic carbocycles. The molecule has 6 heteroatoms. The average molecular weight is 196 g/mol. The molecule has 0 unspecified atom stereocenters. The summed E-state index contributed by atoms with van der Waals surface area (Å²) in [6.07, 6.45) is 1.34. The van der Waals surface area contributed by atoms with Crippen molar-refractivity contribution in [2.75, 3.05) is 12.3 Å². The second-order valence-corrected chi connectivity index (χ2v) is 2.58. The zero-order chi connectivity index (χ0) is 9.45. The minimum absolute atomic E-state index is 0.0297. The highest BCUT2D eigenvalue weighted by atomic mass is 32.2. The molecule has 1 N–H and O–H groups in total. The Morgan fingerprint density at radius 2 is 2.00 bits per heavy atom. The van der Waals surface area contributed by atoms with Gasteiger partial charge in [0, 0.05) is 0 Å². The maximum Gasteiger partial charge on any atom is 0.442 e. The Labute approximate surface area is 71.9 Å². The van der Waals surface area contributed by atoms with Gasteiger partial charge in [0.15, 0.2) is 0 Å². The van der Waals surface area contributed by atoms with Crippen LogP contribution in [0.4, 0.5) is 13.2 Å². The molecule has 0 heterocycles. The number of halogens is 3. The van der Waals surface area contributed by atoms with Gasteiger partial charge < -0.3 is 5.32 Å². The fraction of sp³-hybridized carbons (Fsp3) is 0.500. The lowest BCUT2D eigenvalue weighted by Crippen LogP contribution is -2.09. The Balaban J connectivity index is 3.39. The third-order valence-corrected chi connectivity index (χ3v) is 1.30. The molecule has 0 saturated carbocycles. The van der Waals surface area contributed by atoms with E-state index >= 15 is 0 Å². The highest BCUT2D eigenvalue weighted by molar-refractivity contribution is 8.00. The van der Waals surface area contributed by atoms with Crippen LogP contribution in [0.15, 0.2) is 0 Å². The molecule has 67 valence electrons. The lowest BCUT2D eigenvalue weighted by atomic mass is 10.6. The summed E-state index contributed by atoms with van der Waals surface area (Å²) in [6, 6.07) is 0. The van der Waals surface area contributed by atoms with Crippen molar-refractivity contribution < 1.29 is 18.0 Å². The summed E-state index contributed by atoms with van der Waals surface area (Å²) >= 11 is -0.208. The summed E-state index contributed by atoms with van der Waals surface area (Å²) in [6.45, 7) is 0.0297. The highest BCUT2D eigenvalue weighted by Gasteiger charge is 2.26. The lowest BCUT2D eigenvalue weighted by molar-refractivity contribution is -0.0325. The first kappa shape index (κ1) is 11.2. The first-order valence-electron chi connectivity index (χ1n) is 2.82. The molecule has 0 aromatic rings. The van der Waals surface area contributed by atoms with Crippen LogP contribution in [0.5, 0.6) is 0 Å². The maximum atomic E-state index is 11.4. The van der Waals surface area contributed by atoms with Crippen molar-refractivity contribution in [2.24, 2.45) is 0 Å². The van der Waals surface area contributed by atoms with Crippen molar-refractivity contribution >= 4 is 18.2 Å². The monoisotopic (exact) mass is 196 g/mol. The number of nitrogens with one attached hydrogen (secondary N) is 1. The van der Waals surface area contributed by atoms with E-state index in [2.05, 4.69) is 17.2 Å². The summed E-state index contributed by atoms with van der Waals surface area (Å²) in [5.41, 5.74) is -4.24. The summed E-state index contributed by atoms with van der Waals surface area (Å²) in [5, 5.41) is 2.08. The van der Waals surface area contributed by atoms with Crippen molar-refractivity contribution in [3.05, 3.63) is 0 Å². The van der Waals surface area contributed by atoms with Crippen LogP contribution in [0.2, 0.25) is 0 Å². The molecular formula is C6H5F3NOS. The van der Waals surface area contributed by atoms with Gasteiger partial charge in [0.25, 0.3) is 0 Å². The summed E-state index contributed by atoms with van der Waals surface area (Å²) in [5.74, 6) is 4.23. The first-order valence-corrected chi connectivity index (χ1v) is 3.81. The fourth-order valence-corrected chi connectivity index (χ4v) is 0.650. The fourth-order valence-electron chi connectivity index (χ4n) is 0.312. The van der Waals surface area contributed by atoms with Crippen LogP contribution in [0.25, 0.3) is 0 Å². The zero-order valence-corrected chi connectivity index (χ0v) is 6.68. The van der Waals surface area contributed by atoms with Gasteiger partial charge >= 0.3 is 11.9 Å². The summed E-state index contributed by atoms with van der Waals surface area (Å²) < 4.78 is 34.3. The molecule has 0 spiro atoms. The van der Waals surface area contributed by atoms with Gasteiger partial charge in [0.1, 0.15) is 0 Å². The van der Waals surface area contributed by atoms with E-state index in [4.69, 9.17) is 0 Å². The van der Waals surface area contributed by atoms with E-state index in [-0.39, 0.29) is 24.1 Å². The SMILES string of the molecule is O=[C]NCC#CCSC(F)(F)F. The number of rotatable bonds is 3. The third kappa shape index (κ3) is 9.17. The third-order valence-electron chi connectivity index (χ3n) is 0.682. The Kier molecular flexibility index (Phi) is 5.37. The van der Waals surface area contributed by atoms with Crippen LogP contribution in [0.3, 0.4) is 0 Å². The van der Waals surface area contributed by atoms with Crippen molar-refractivity contribution in [3.8, 4) is 11.8 Å². The molecule has 12 heavy (non-hydrogen) atoms. The summed E-state index contributed by atoms with van der Waals surface area (Å²) in [4.78, 5) is 9.51. The molecule has 0 saturated heterocycles.